The summed E-state index contributed by atoms with van der Waals surface area (Å²) in [7, 11) is -1.76. The Morgan fingerprint density at radius 1 is 0.729 bits per heavy atom. The molecule has 366 valence electrons. The number of carbonyl (C=O) groups excluding carboxylic acids is 2. The Bertz CT molecular complexity index is 3610. The molecule has 8 heterocycles. The molecule has 6 aliphatic rings. The van der Waals surface area contributed by atoms with Crippen LogP contribution in [0.4, 0.5) is 8.78 Å². The topological polar surface area (TPSA) is 255 Å². The molecule has 12 rings (SSSR count). The smallest absolute Gasteiger partial charge is 0.343 e. The van der Waals surface area contributed by atoms with Crippen molar-refractivity contribution < 1.29 is 51.0 Å². The Labute approximate surface area is 399 Å². The van der Waals surface area contributed by atoms with Gasteiger partial charge in [-0.3, -0.25) is 14.1 Å². The fraction of sp³-hybridized carbons (Fsp3) is 0.400. The molecule has 0 fully saturated rings. The maximum absolute atomic E-state index is 14.8. The number of aromatic nitrogens is 4. The summed E-state index contributed by atoms with van der Waals surface area (Å²) in [5.74, 6) is -2.12. The van der Waals surface area contributed by atoms with Gasteiger partial charge in [-0.25, -0.2) is 28.3 Å². The van der Waals surface area contributed by atoms with E-state index in [0.717, 1.165) is 57.0 Å². The minimum atomic E-state index is -3.67. The van der Waals surface area contributed by atoms with Crippen LogP contribution in [0.25, 0.3) is 44.6 Å². The molecule has 0 radical (unpaired) electrons. The highest BCUT2D eigenvalue weighted by Gasteiger charge is 2.47. The van der Waals surface area contributed by atoms with Crippen LogP contribution >= 0.6 is 0 Å². The van der Waals surface area contributed by atoms with Gasteiger partial charge in [-0.2, -0.15) is 8.42 Å². The third kappa shape index (κ3) is 6.89. The van der Waals surface area contributed by atoms with Crippen LogP contribution in [0.2, 0.25) is 0 Å². The third-order valence-corrected chi connectivity index (χ3v) is 15.1. The van der Waals surface area contributed by atoms with Crippen molar-refractivity contribution in [2.45, 2.75) is 116 Å². The first-order chi connectivity index (χ1) is 33.1. The predicted molar refractivity (Wildman–Crippen MR) is 251 cm³/mol. The summed E-state index contributed by atoms with van der Waals surface area (Å²) < 4.78 is 68.8. The molecule has 0 bridgehead atoms. The predicted octanol–water partition coefficient (Wildman–Crippen LogP) is 4.71. The molecule has 6 N–H and O–H groups in total. The number of carbonyl (C=O) groups is 2. The lowest BCUT2D eigenvalue weighted by Crippen LogP contribution is -2.44. The summed E-state index contributed by atoms with van der Waals surface area (Å²) in [5, 5.41) is 27.3. The van der Waals surface area contributed by atoms with Crippen LogP contribution in [0.15, 0.2) is 33.9 Å². The zero-order chi connectivity index (χ0) is 50.3. The molecule has 0 saturated carbocycles. The van der Waals surface area contributed by atoms with Gasteiger partial charge in [0.25, 0.3) is 21.2 Å². The summed E-state index contributed by atoms with van der Waals surface area (Å²) >= 11 is 0. The molecule has 70 heavy (non-hydrogen) atoms. The molecule has 2 aromatic carbocycles. The minimum absolute atomic E-state index is 0.0544. The van der Waals surface area contributed by atoms with E-state index in [9.17, 15) is 46.6 Å². The number of hydrogen-bond acceptors (Lipinski definition) is 14. The highest BCUT2D eigenvalue weighted by Crippen LogP contribution is 2.48. The van der Waals surface area contributed by atoms with Crippen LogP contribution in [0.3, 0.4) is 0 Å². The van der Waals surface area contributed by atoms with Crippen molar-refractivity contribution in [2.24, 2.45) is 5.73 Å². The second kappa shape index (κ2) is 16.4. The fourth-order valence-corrected chi connectivity index (χ4v) is 11.4. The number of esters is 2. The average Bonchev–Trinajstić information content (AvgIpc) is 3.88. The maximum atomic E-state index is 14.8. The van der Waals surface area contributed by atoms with Gasteiger partial charge in [-0.15, -0.1) is 0 Å². The number of aliphatic hydroxyl groups is 2. The number of hydrogen-bond donors (Lipinski definition) is 5. The number of cyclic esters (lactones) is 2. The number of nitrogens with zero attached hydrogens (tertiary/aromatic N) is 4. The molecule has 0 spiro atoms. The second-order valence-electron chi connectivity index (χ2n) is 18.9. The number of aryl methyl sites for hydroxylation is 2. The van der Waals surface area contributed by atoms with Crippen LogP contribution in [0.1, 0.15) is 118 Å². The van der Waals surface area contributed by atoms with Crippen LogP contribution in [0, 0.1) is 25.5 Å². The minimum Gasteiger partial charge on any atom is -0.458 e. The number of ether oxygens (including phenoxy) is 2. The number of halogens is 2. The normalized spacial score (nSPS) is 22.1. The van der Waals surface area contributed by atoms with Crippen LogP contribution in [-0.2, 0) is 79.5 Å². The fourth-order valence-electron chi connectivity index (χ4n) is 11.4. The molecule has 4 aromatic heterocycles. The molecule has 17 nitrogen and oxygen atoms in total. The highest BCUT2D eigenvalue weighted by atomic mass is 32.2. The van der Waals surface area contributed by atoms with Gasteiger partial charge >= 0.3 is 11.9 Å². The van der Waals surface area contributed by atoms with Crippen molar-refractivity contribution in [1.29, 1.82) is 0 Å². The molecular weight excluding hydrogens is 931 g/mol. The van der Waals surface area contributed by atoms with E-state index in [4.69, 9.17) is 29.7 Å². The van der Waals surface area contributed by atoms with E-state index in [0.29, 0.717) is 76.1 Å². The van der Waals surface area contributed by atoms with E-state index in [-0.39, 0.29) is 84.1 Å². The lowest BCUT2D eigenvalue weighted by atomic mass is 9.81. The monoisotopic (exact) mass is 980 g/mol. The van der Waals surface area contributed by atoms with Crippen molar-refractivity contribution in [3.05, 3.63) is 123 Å². The summed E-state index contributed by atoms with van der Waals surface area (Å²) in [6, 6.07) is 6.06. The van der Waals surface area contributed by atoms with Crippen molar-refractivity contribution in [1.82, 2.24) is 24.4 Å². The largest absolute Gasteiger partial charge is 0.458 e. The summed E-state index contributed by atoms with van der Waals surface area (Å²) in [4.78, 5) is 61.2. The van der Waals surface area contributed by atoms with Crippen molar-refractivity contribution in [3.63, 3.8) is 0 Å². The second-order valence-corrected chi connectivity index (χ2v) is 20.3. The molecule has 0 saturated heterocycles. The molecule has 0 amide bonds. The van der Waals surface area contributed by atoms with E-state index in [1.165, 1.54) is 12.1 Å². The molecule has 20 heteroatoms. The average molecular weight is 981 g/mol. The van der Waals surface area contributed by atoms with Crippen LogP contribution < -0.4 is 22.2 Å². The Balaban J connectivity index is 0.000000148. The quantitative estimate of drug-likeness (QED) is 0.119. The van der Waals surface area contributed by atoms with Gasteiger partial charge in [0.2, 0.25) is 0 Å². The van der Waals surface area contributed by atoms with Crippen LogP contribution in [0.5, 0.6) is 0 Å². The van der Waals surface area contributed by atoms with Crippen molar-refractivity contribution in [3.8, 4) is 22.8 Å². The third-order valence-electron chi connectivity index (χ3n) is 15.1. The van der Waals surface area contributed by atoms with Gasteiger partial charge in [0.05, 0.1) is 64.3 Å². The number of rotatable bonds is 3. The first kappa shape index (κ1) is 47.4. The van der Waals surface area contributed by atoms with E-state index >= 15 is 0 Å². The zero-order valence-electron chi connectivity index (χ0n) is 39.2. The first-order valence-corrected chi connectivity index (χ1v) is 24.9. The number of nitrogens with two attached hydrogens (primary N) is 1. The lowest BCUT2D eigenvalue weighted by Gasteiger charge is -2.31. The SMILES string of the molecule is CC[C@@]1(O)C(=O)OCc2c1cc1n(c2=O)Cc2c-1nc1cc(F)c(C)c3c1c2[C@@H](N)CC3.CC[C@@]1(O)C(=O)OCc2c1cc1n(c2=O)Cc2c-1nc1cc(F)c(C)c3c1c2[C@@H](NC)CC3.CS(=O)(=O)O. The summed E-state index contributed by atoms with van der Waals surface area (Å²) in [5.41, 5.74) is 13.4. The molecular formula is C50H50F2N6O11S. The van der Waals surface area contributed by atoms with Gasteiger partial charge in [0.15, 0.2) is 11.2 Å². The first-order valence-electron chi connectivity index (χ1n) is 23.0. The Morgan fingerprint density at radius 3 is 1.57 bits per heavy atom. The molecule has 2 aliphatic carbocycles. The Morgan fingerprint density at radius 2 is 1.14 bits per heavy atom. The summed E-state index contributed by atoms with van der Waals surface area (Å²) in [6.45, 7) is 7.19. The van der Waals surface area contributed by atoms with Gasteiger partial charge in [-0.1, -0.05) is 13.8 Å². The maximum Gasteiger partial charge on any atom is 0.343 e. The molecule has 0 unspecified atom stereocenters. The van der Waals surface area contributed by atoms with Gasteiger partial charge in [-0.05, 0) is 105 Å². The highest BCUT2D eigenvalue weighted by molar-refractivity contribution is 7.85. The number of benzene rings is 2. The van der Waals surface area contributed by atoms with Gasteiger partial charge < -0.3 is 39.9 Å². The van der Waals surface area contributed by atoms with Crippen LogP contribution in [-0.4, -0.2) is 67.5 Å². The number of fused-ring (bicyclic) bond motifs is 10. The van der Waals surface area contributed by atoms with Gasteiger partial charge in [0, 0.05) is 57.2 Å². The molecule has 6 aromatic rings. The van der Waals surface area contributed by atoms with E-state index in [2.05, 4.69) is 5.32 Å². The Kier molecular flexibility index (Phi) is 11.1. The number of nitrogens with one attached hydrogen (secondary N) is 1. The molecule has 4 atom stereocenters. The van der Waals surface area contributed by atoms with E-state index in [1.54, 1.807) is 49.0 Å². The van der Waals surface area contributed by atoms with E-state index in [1.807, 2.05) is 7.05 Å². The summed E-state index contributed by atoms with van der Waals surface area (Å²) in [6.07, 6.45) is 3.81. The van der Waals surface area contributed by atoms with Gasteiger partial charge in [0.1, 0.15) is 24.8 Å². The number of pyridine rings is 4. The Hall–Kier alpha value is -6.29. The van der Waals surface area contributed by atoms with Crippen molar-refractivity contribution >= 4 is 43.9 Å². The van der Waals surface area contributed by atoms with E-state index < -0.39 is 33.3 Å². The standard InChI is InChI=1S/C25H24FN3O4.C24H22FN3O4.CH4O3S/c1-4-25(32)15-7-19-22-13(9-29(19)23(30)14(15)10-33-24(25)31)21-17(27-3)6-5-12-11(2)16(26)8-18(28-22)20(12)21;1-3-24(31)14-6-18-21-12(8-28(18)22(29)13(14)9-32-23(24)30)19-16(26)5-4-11-10(2)15(25)7-17(27-21)20(11)19;1-5(2,3)4/h7-8,17,27,32H,4-6,9-10H2,1-3H3;6-7,16,31H,3-5,8-9,26H2,1-2H3;1H3,(H,2,3,4)/t17-,25-;16-,24-;/m00./s1. The van der Waals surface area contributed by atoms with Crippen molar-refractivity contribution in [2.75, 3.05) is 13.3 Å². The molecule has 4 aliphatic heterocycles. The zero-order valence-corrected chi connectivity index (χ0v) is 40.0. The lowest BCUT2D eigenvalue weighted by molar-refractivity contribution is -0.172.